The van der Waals surface area contributed by atoms with Crippen molar-refractivity contribution in [2.45, 2.75) is 64.1 Å². The monoisotopic (exact) mass is 595 g/mol. The molecule has 2 amide bonds. The minimum atomic E-state index is -4.21. The summed E-state index contributed by atoms with van der Waals surface area (Å²) < 4.78 is 40.0. The third-order valence-corrected chi connectivity index (χ3v) is 8.38. The molecule has 1 unspecified atom stereocenters. The highest BCUT2D eigenvalue weighted by atomic mass is 32.2. The molecule has 0 fully saturated rings. The molecule has 3 rings (SSSR count). The Hall–Kier alpha value is -4.05. The van der Waals surface area contributed by atoms with Crippen molar-refractivity contribution in [2.24, 2.45) is 0 Å². The van der Waals surface area contributed by atoms with Gasteiger partial charge in [0.15, 0.2) is 0 Å². The zero-order valence-corrected chi connectivity index (χ0v) is 26.2. The molecule has 0 radical (unpaired) electrons. The lowest BCUT2D eigenvalue weighted by atomic mass is 10.1. The van der Waals surface area contributed by atoms with Crippen LogP contribution < -0.4 is 19.1 Å². The van der Waals surface area contributed by atoms with Crippen molar-refractivity contribution in [2.75, 3.05) is 25.1 Å². The minimum absolute atomic E-state index is 0.0283. The molecule has 0 heterocycles. The predicted molar refractivity (Wildman–Crippen MR) is 164 cm³/mol. The highest BCUT2D eigenvalue weighted by Gasteiger charge is 2.35. The first kappa shape index (κ1) is 32.5. The van der Waals surface area contributed by atoms with Gasteiger partial charge in [0.25, 0.3) is 10.0 Å². The Morgan fingerprint density at radius 3 is 2.12 bits per heavy atom. The van der Waals surface area contributed by atoms with Gasteiger partial charge >= 0.3 is 0 Å². The fourth-order valence-electron chi connectivity index (χ4n) is 4.53. The second-order valence-electron chi connectivity index (χ2n) is 11.0. The number of benzene rings is 3. The molecule has 0 saturated heterocycles. The van der Waals surface area contributed by atoms with E-state index in [0.29, 0.717) is 17.9 Å². The maximum atomic E-state index is 14.3. The van der Waals surface area contributed by atoms with E-state index < -0.39 is 34.1 Å². The van der Waals surface area contributed by atoms with Crippen LogP contribution in [0.1, 0.15) is 45.2 Å². The Bertz CT molecular complexity index is 1470. The van der Waals surface area contributed by atoms with Crippen LogP contribution in [-0.2, 0) is 26.2 Å². The van der Waals surface area contributed by atoms with Gasteiger partial charge < -0.3 is 19.7 Å². The molecular formula is C32H41N3O6S. The first-order valence-electron chi connectivity index (χ1n) is 13.8. The molecule has 42 heavy (non-hydrogen) atoms. The Balaban J connectivity index is 2.12. The lowest BCUT2D eigenvalue weighted by molar-refractivity contribution is -0.141. The third kappa shape index (κ3) is 8.03. The quantitative estimate of drug-likeness (QED) is 0.318. The van der Waals surface area contributed by atoms with Gasteiger partial charge in [-0.3, -0.25) is 13.9 Å². The molecule has 1 atom stereocenters. The first-order valence-corrected chi connectivity index (χ1v) is 15.2. The molecule has 226 valence electrons. The normalized spacial score (nSPS) is 12.3. The Morgan fingerprint density at radius 1 is 0.929 bits per heavy atom. The first-order chi connectivity index (χ1) is 19.8. The summed E-state index contributed by atoms with van der Waals surface area (Å²) in [7, 11) is -1.19. The molecule has 0 aliphatic rings. The van der Waals surface area contributed by atoms with Crippen molar-refractivity contribution in [1.82, 2.24) is 10.2 Å². The van der Waals surface area contributed by atoms with Gasteiger partial charge in [0.1, 0.15) is 24.1 Å². The van der Waals surface area contributed by atoms with Crippen LogP contribution in [0.4, 0.5) is 5.69 Å². The number of methoxy groups -OCH3 is 2. The van der Waals surface area contributed by atoms with E-state index in [0.717, 1.165) is 15.4 Å². The highest BCUT2D eigenvalue weighted by Crippen LogP contribution is 2.34. The summed E-state index contributed by atoms with van der Waals surface area (Å²) in [6, 6.07) is 19.4. The molecular weight excluding hydrogens is 554 g/mol. The molecule has 0 aromatic heterocycles. The maximum absolute atomic E-state index is 14.3. The zero-order chi connectivity index (χ0) is 31.1. The molecule has 0 saturated carbocycles. The zero-order valence-electron chi connectivity index (χ0n) is 25.4. The SMILES string of the molecule is CCC(C(=O)NC(C)(C)C)N(Cc1ccc(OC)cc1)C(=O)CN(c1cc(C)ccc1OC)S(=O)(=O)c1ccccc1. The second-order valence-corrected chi connectivity index (χ2v) is 12.9. The number of aryl methyl sites for hydroxylation is 1. The molecule has 1 N–H and O–H groups in total. The van der Waals surface area contributed by atoms with Crippen LogP contribution >= 0.6 is 0 Å². The number of carbonyl (C=O) groups excluding carboxylic acids is 2. The van der Waals surface area contributed by atoms with E-state index in [9.17, 15) is 18.0 Å². The summed E-state index contributed by atoms with van der Waals surface area (Å²) in [4.78, 5) is 29.2. The number of nitrogens with one attached hydrogen (secondary N) is 1. The number of rotatable bonds is 12. The van der Waals surface area contributed by atoms with Crippen LogP contribution in [0.5, 0.6) is 11.5 Å². The van der Waals surface area contributed by atoms with E-state index >= 15 is 0 Å². The molecule has 10 heteroatoms. The Labute approximate surface area is 249 Å². The summed E-state index contributed by atoms with van der Waals surface area (Å²) in [5.74, 6) is 0.0928. The number of sulfonamides is 1. The van der Waals surface area contributed by atoms with Gasteiger partial charge in [0.05, 0.1) is 24.8 Å². The van der Waals surface area contributed by atoms with Crippen LogP contribution in [-0.4, -0.2) is 57.5 Å². The van der Waals surface area contributed by atoms with Crippen molar-refractivity contribution >= 4 is 27.5 Å². The number of anilines is 1. The summed E-state index contributed by atoms with van der Waals surface area (Å²) in [5, 5.41) is 2.97. The molecule has 0 spiro atoms. The fourth-order valence-corrected chi connectivity index (χ4v) is 5.97. The number of carbonyl (C=O) groups is 2. The van der Waals surface area contributed by atoms with E-state index in [4.69, 9.17) is 9.47 Å². The topological polar surface area (TPSA) is 105 Å². The number of hydrogen-bond acceptors (Lipinski definition) is 6. The van der Waals surface area contributed by atoms with E-state index in [-0.39, 0.29) is 23.0 Å². The molecule has 3 aromatic rings. The average Bonchev–Trinajstić information content (AvgIpc) is 2.95. The van der Waals surface area contributed by atoms with Crippen molar-refractivity contribution in [3.05, 3.63) is 83.9 Å². The summed E-state index contributed by atoms with van der Waals surface area (Å²) in [6.45, 7) is 8.79. The van der Waals surface area contributed by atoms with Crippen LogP contribution in [0.2, 0.25) is 0 Å². The second kappa shape index (κ2) is 13.7. The summed E-state index contributed by atoms with van der Waals surface area (Å²) >= 11 is 0. The van der Waals surface area contributed by atoms with Gasteiger partial charge in [-0.2, -0.15) is 0 Å². The van der Waals surface area contributed by atoms with E-state index in [1.165, 1.54) is 24.1 Å². The van der Waals surface area contributed by atoms with Crippen molar-refractivity contribution < 1.29 is 27.5 Å². The van der Waals surface area contributed by atoms with Crippen LogP contribution in [0.3, 0.4) is 0 Å². The molecule has 9 nitrogen and oxygen atoms in total. The molecule has 0 aliphatic heterocycles. The molecule has 0 aliphatic carbocycles. The summed E-state index contributed by atoms with van der Waals surface area (Å²) in [6.07, 6.45) is 0.322. The van der Waals surface area contributed by atoms with Gasteiger partial charge in [-0.1, -0.05) is 43.3 Å². The largest absolute Gasteiger partial charge is 0.497 e. The van der Waals surface area contributed by atoms with Crippen molar-refractivity contribution in [3.63, 3.8) is 0 Å². The van der Waals surface area contributed by atoms with Crippen molar-refractivity contribution in [3.8, 4) is 11.5 Å². The smallest absolute Gasteiger partial charge is 0.264 e. The van der Waals surface area contributed by atoms with Gasteiger partial charge in [0, 0.05) is 12.1 Å². The summed E-state index contributed by atoms with van der Waals surface area (Å²) in [5.41, 5.74) is 1.25. The number of ether oxygens (including phenoxy) is 2. The maximum Gasteiger partial charge on any atom is 0.264 e. The predicted octanol–water partition coefficient (Wildman–Crippen LogP) is 4.93. The average molecular weight is 596 g/mol. The van der Waals surface area contributed by atoms with Crippen LogP contribution in [0.15, 0.2) is 77.7 Å². The van der Waals surface area contributed by atoms with Gasteiger partial charge in [-0.05, 0) is 81.6 Å². The molecule has 0 bridgehead atoms. The number of amides is 2. The van der Waals surface area contributed by atoms with Gasteiger partial charge in [0.2, 0.25) is 11.8 Å². The van der Waals surface area contributed by atoms with E-state index in [1.807, 2.05) is 46.8 Å². The fraction of sp³-hybridized carbons (Fsp3) is 0.375. The van der Waals surface area contributed by atoms with E-state index in [2.05, 4.69) is 5.32 Å². The standard InChI is InChI=1S/C32H41N3O6S/c1-8-27(31(37)33-32(3,4)5)34(21-24-15-17-25(40-6)18-16-24)30(36)22-35(28-20-23(2)14-19-29(28)41-7)42(38,39)26-12-10-9-11-13-26/h9-20,27H,8,21-22H2,1-7H3,(H,33,37). The molecule has 3 aromatic carbocycles. The lowest BCUT2D eigenvalue weighted by Crippen LogP contribution is -2.55. The Kier molecular flexibility index (Phi) is 10.6. The number of hydrogen-bond donors (Lipinski definition) is 1. The van der Waals surface area contributed by atoms with Gasteiger partial charge in [-0.25, -0.2) is 8.42 Å². The lowest BCUT2D eigenvalue weighted by Gasteiger charge is -2.35. The van der Waals surface area contributed by atoms with Crippen molar-refractivity contribution in [1.29, 1.82) is 0 Å². The third-order valence-electron chi connectivity index (χ3n) is 6.61. The number of nitrogens with zero attached hydrogens (tertiary/aromatic N) is 2. The van der Waals surface area contributed by atoms with Gasteiger partial charge in [-0.15, -0.1) is 0 Å². The Morgan fingerprint density at radius 2 is 1.57 bits per heavy atom. The highest BCUT2D eigenvalue weighted by molar-refractivity contribution is 7.92. The van der Waals surface area contributed by atoms with E-state index in [1.54, 1.807) is 55.6 Å². The van der Waals surface area contributed by atoms with Crippen LogP contribution in [0, 0.1) is 6.92 Å². The minimum Gasteiger partial charge on any atom is -0.497 e. The van der Waals surface area contributed by atoms with Crippen LogP contribution in [0.25, 0.3) is 0 Å².